The molecule has 2 aliphatic rings. The summed E-state index contributed by atoms with van der Waals surface area (Å²) in [4.78, 5) is 14.9. The lowest BCUT2D eigenvalue weighted by molar-refractivity contribution is 0.0947. The van der Waals surface area contributed by atoms with Crippen molar-refractivity contribution < 1.29 is 4.79 Å². The fourth-order valence-corrected chi connectivity index (χ4v) is 3.79. The van der Waals surface area contributed by atoms with Crippen LogP contribution in [-0.4, -0.2) is 43.2 Å². The molecule has 2 heterocycles. The number of carbonyl (C=O) groups excluding carboxylic acids is 1. The fourth-order valence-electron chi connectivity index (χ4n) is 3.79. The number of carbonyl (C=O) groups is 1. The Hall–Kier alpha value is -1.59. The summed E-state index contributed by atoms with van der Waals surface area (Å²) >= 11 is 0. The lowest BCUT2D eigenvalue weighted by Gasteiger charge is -2.35. The van der Waals surface area contributed by atoms with Gasteiger partial charge in [-0.2, -0.15) is 0 Å². The third-order valence-electron chi connectivity index (χ3n) is 5.22. The van der Waals surface area contributed by atoms with Gasteiger partial charge in [0.25, 0.3) is 5.91 Å². The lowest BCUT2D eigenvalue weighted by atomic mass is 10.00. The zero-order chi connectivity index (χ0) is 16.8. The smallest absolute Gasteiger partial charge is 0.251 e. The van der Waals surface area contributed by atoms with Gasteiger partial charge in [0, 0.05) is 36.9 Å². The fraction of sp³-hybridized carbons (Fsp3) is 0.632. The molecule has 1 saturated heterocycles. The molecule has 1 amide bonds. The van der Waals surface area contributed by atoms with Crippen molar-refractivity contribution in [3.63, 3.8) is 0 Å². The number of anilines is 1. The monoisotopic (exact) mass is 330 g/mol. The van der Waals surface area contributed by atoms with Gasteiger partial charge in [0.1, 0.15) is 0 Å². The summed E-state index contributed by atoms with van der Waals surface area (Å²) in [6, 6.07) is 6.65. The highest BCUT2D eigenvalue weighted by atomic mass is 16.1. The van der Waals surface area contributed by atoms with Crippen LogP contribution in [0.25, 0.3) is 0 Å². The van der Waals surface area contributed by atoms with Gasteiger partial charge >= 0.3 is 0 Å². The van der Waals surface area contributed by atoms with Gasteiger partial charge in [0.15, 0.2) is 0 Å². The predicted molar refractivity (Wildman–Crippen MR) is 98.2 cm³/mol. The Balaban J connectivity index is 1.44. The van der Waals surface area contributed by atoms with Crippen LogP contribution in [0, 0.1) is 0 Å². The average molecular weight is 330 g/mol. The molecule has 0 radical (unpaired) electrons. The van der Waals surface area contributed by atoms with Crippen LogP contribution in [0.1, 0.15) is 54.9 Å². The first kappa shape index (κ1) is 17.2. The minimum Gasteiger partial charge on any atom is -0.372 e. The number of hydrogen-bond acceptors (Lipinski definition) is 4. The number of hydrogen-bond donors (Lipinski definition) is 3. The minimum atomic E-state index is 0.0313. The van der Waals surface area contributed by atoms with E-state index in [-0.39, 0.29) is 5.91 Å². The molecule has 0 aliphatic carbocycles. The molecule has 132 valence electrons. The molecule has 1 atom stereocenters. The number of piperidine rings is 1. The topological polar surface area (TPSA) is 56.4 Å². The molecule has 0 spiro atoms. The second-order valence-electron chi connectivity index (χ2n) is 6.86. The highest BCUT2D eigenvalue weighted by Gasteiger charge is 2.20. The lowest BCUT2D eigenvalue weighted by Crippen LogP contribution is -2.40. The Morgan fingerprint density at radius 1 is 1.38 bits per heavy atom. The minimum absolute atomic E-state index is 0.0313. The number of nitrogens with one attached hydrogen (secondary N) is 3. The number of benzene rings is 1. The highest BCUT2D eigenvalue weighted by molar-refractivity contribution is 5.95. The first-order valence-corrected chi connectivity index (χ1v) is 9.37. The third kappa shape index (κ3) is 4.28. The van der Waals surface area contributed by atoms with Gasteiger partial charge in [0.05, 0.1) is 6.67 Å². The molecule has 0 bridgehead atoms. The number of rotatable bonds is 6. The van der Waals surface area contributed by atoms with Gasteiger partial charge in [-0.25, -0.2) is 0 Å². The van der Waals surface area contributed by atoms with E-state index in [1.54, 1.807) is 0 Å². The summed E-state index contributed by atoms with van der Waals surface area (Å²) in [5.41, 5.74) is 3.03. The van der Waals surface area contributed by atoms with E-state index in [1.165, 1.54) is 37.8 Å². The molecule has 5 heteroatoms. The molecule has 1 aromatic rings. The quantitative estimate of drug-likeness (QED) is 0.702. The number of nitrogens with zero attached hydrogens (tertiary/aromatic N) is 1. The second kappa shape index (κ2) is 8.49. The van der Waals surface area contributed by atoms with Crippen LogP contribution in [0.3, 0.4) is 0 Å². The number of amides is 1. The summed E-state index contributed by atoms with van der Waals surface area (Å²) in [6.45, 7) is 6.96. The molecule has 3 rings (SSSR count). The van der Waals surface area contributed by atoms with E-state index in [2.05, 4.69) is 27.8 Å². The molecule has 1 unspecified atom stereocenters. The molecule has 5 nitrogen and oxygen atoms in total. The first-order valence-electron chi connectivity index (χ1n) is 9.37. The van der Waals surface area contributed by atoms with Gasteiger partial charge in [-0.05, 0) is 49.9 Å². The highest BCUT2D eigenvalue weighted by Crippen LogP contribution is 2.20. The van der Waals surface area contributed by atoms with Gasteiger partial charge in [-0.3, -0.25) is 10.1 Å². The Kier molecular flexibility index (Phi) is 6.10. The van der Waals surface area contributed by atoms with Crippen LogP contribution >= 0.6 is 0 Å². The van der Waals surface area contributed by atoms with Crippen LogP contribution in [0.2, 0.25) is 0 Å². The van der Waals surface area contributed by atoms with Gasteiger partial charge < -0.3 is 15.5 Å². The van der Waals surface area contributed by atoms with Gasteiger partial charge in [-0.15, -0.1) is 0 Å². The maximum absolute atomic E-state index is 12.3. The maximum atomic E-state index is 12.3. The average Bonchev–Trinajstić information content (AvgIpc) is 2.65. The van der Waals surface area contributed by atoms with Crippen molar-refractivity contribution in [3.8, 4) is 0 Å². The molecule has 3 N–H and O–H groups in total. The van der Waals surface area contributed by atoms with Crippen molar-refractivity contribution in [1.29, 1.82) is 0 Å². The Morgan fingerprint density at radius 2 is 2.29 bits per heavy atom. The predicted octanol–water partition coefficient (Wildman–Crippen LogP) is 2.54. The standard InChI is InChI=1S/C19H30N4O/c1-2-17-6-3-4-10-23(17)11-5-9-21-19(24)15-7-8-16-13-20-14-22-18(16)12-15/h7-8,12,17,20,22H,2-6,9-11,13-14H2,1H3,(H,21,24). The summed E-state index contributed by atoms with van der Waals surface area (Å²) in [6.07, 6.45) is 6.28. The second-order valence-corrected chi connectivity index (χ2v) is 6.86. The molecule has 1 aromatic carbocycles. The van der Waals surface area contributed by atoms with Crippen molar-refractivity contribution in [2.24, 2.45) is 0 Å². The van der Waals surface area contributed by atoms with E-state index in [1.807, 2.05) is 18.2 Å². The molecule has 1 fully saturated rings. The van der Waals surface area contributed by atoms with Crippen LogP contribution in [-0.2, 0) is 6.54 Å². The van der Waals surface area contributed by atoms with Gasteiger partial charge in [0.2, 0.25) is 0 Å². The van der Waals surface area contributed by atoms with Crippen molar-refractivity contribution in [1.82, 2.24) is 15.5 Å². The van der Waals surface area contributed by atoms with E-state index in [0.717, 1.165) is 50.0 Å². The number of fused-ring (bicyclic) bond motifs is 1. The Labute approximate surface area is 145 Å². The first-order chi connectivity index (χ1) is 11.8. The largest absolute Gasteiger partial charge is 0.372 e. The molecular weight excluding hydrogens is 300 g/mol. The van der Waals surface area contributed by atoms with E-state index in [9.17, 15) is 4.79 Å². The van der Waals surface area contributed by atoms with Crippen LogP contribution in [0.15, 0.2) is 18.2 Å². The Bertz CT molecular complexity index is 560. The molecule has 2 aliphatic heterocycles. The summed E-state index contributed by atoms with van der Waals surface area (Å²) < 4.78 is 0. The van der Waals surface area contributed by atoms with Crippen molar-refractivity contribution >= 4 is 11.6 Å². The summed E-state index contributed by atoms with van der Waals surface area (Å²) in [7, 11) is 0. The van der Waals surface area contributed by atoms with Crippen molar-refractivity contribution in [2.75, 3.05) is 31.6 Å². The summed E-state index contributed by atoms with van der Waals surface area (Å²) in [5.74, 6) is 0.0313. The normalized spacial score (nSPS) is 21.0. The summed E-state index contributed by atoms with van der Waals surface area (Å²) in [5, 5.41) is 9.61. The van der Waals surface area contributed by atoms with Gasteiger partial charge in [-0.1, -0.05) is 19.4 Å². The van der Waals surface area contributed by atoms with Crippen molar-refractivity contribution in [2.45, 2.75) is 51.6 Å². The van der Waals surface area contributed by atoms with Crippen molar-refractivity contribution in [3.05, 3.63) is 29.3 Å². The SMILES string of the molecule is CCC1CCCCN1CCCNC(=O)c1ccc2c(c1)NCNC2. The molecule has 24 heavy (non-hydrogen) atoms. The van der Waals surface area contributed by atoms with Crippen LogP contribution < -0.4 is 16.0 Å². The Morgan fingerprint density at radius 3 is 3.17 bits per heavy atom. The zero-order valence-corrected chi connectivity index (χ0v) is 14.7. The molecular formula is C19H30N4O. The molecule has 0 aromatic heterocycles. The zero-order valence-electron chi connectivity index (χ0n) is 14.7. The van der Waals surface area contributed by atoms with E-state index in [4.69, 9.17) is 0 Å². The number of likely N-dealkylation sites (tertiary alicyclic amines) is 1. The van der Waals surface area contributed by atoms with Crippen LogP contribution in [0.5, 0.6) is 0 Å². The molecule has 0 saturated carbocycles. The maximum Gasteiger partial charge on any atom is 0.251 e. The van der Waals surface area contributed by atoms with E-state index < -0.39 is 0 Å². The van der Waals surface area contributed by atoms with E-state index in [0.29, 0.717) is 0 Å². The van der Waals surface area contributed by atoms with E-state index >= 15 is 0 Å². The third-order valence-corrected chi connectivity index (χ3v) is 5.22. The van der Waals surface area contributed by atoms with Crippen LogP contribution in [0.4, 0.5) is 5.69 Å².